The summed E-state index contributed by atoms with van der Waals surface area (Å²) in [6.45, 7) is -1.06. The Labute approximate surface area is 201 Å². The number of aryl methyl sites for hydroxylation is 1. The largest absolute Gasteiger partial charge is 0.442 e. The van der Waals surface area contributed by atoms with Crippen LogP contribution in [0.5, 0.6) is 5.75 Å². The zero-order valence-electron chi connectivity index (χ0n) is 17.7. The van der Waals surface area contributed by atoms with Crippen molar-refractivity contribution in [3.05, 3.63) is 73.8 Å². The van der Waals surface area contributed by atoms with Crippen LogP contribution in [0.25, 0.3) is 5.69 Å². The Bertz CT molecular complexity index is 1300. The van der Waals surface area contributed by atoms with Crippen molar-refractivity contribution in [2.45, 2.75) is 19.6 Å². The number of nitrogens with zero attached hydrogens (tertiary/aromatic N) is 2. The van der Waals surface area contributed by atoms with Crippen molar-refractivity contribution in [2.75, 3.05) is 18.0 Å². The fourth-order valence-electron chi connectivity index (χ4n) is 3.50. The maximum Gasteiger partial charge on any atom is 0.414 e. The van der Waals surface area contributed by atoms with E-state index >= 15 is 0 Å². The molecule has 1 N–H and O–H groups in total. The van der Waals surface area contributed by atoms with Gasteiger partial charge in [0.2, 0.25) is 0 Å². The lowest BCUT2D eigenvalue weighted by atomic mass is 10.1. The first kappa shape index (κ1) is 23.7. The van der Waals surface area contributed by atoms with Crippen LogP contribution in [0.3, 0.4) is 0 Å². The van der Waals surface area contributed by atoms with Gasteiger partial charge in [-0.1, -0.05) is 11.6 Å². The number of halogens is 3. The topological polar surface area (TPSA) is 89.9 Å². The molecule has 0 bridgehead atoms. The van der Waals surface area contributed by atoms with Crippen LogP contribution in [0.4, 0.5) is 19.3 Å². The standard InChI is InChI=1S/C22H18ClF2N3O5S/c1-12-9-13(4-5-15(12)27-8-2-3-16(20(27)30)33-21(24)25)28-11-14(32-22(28)31)10-26-19(29)17-6-7-18(23)34-17/h2-9,14,21H,10-11H2,1H3,(H,26,29)/t14-/m0/s1. The second-order valence-electron chi connectivity index (χ2n) is 7.33. The minimum Gasteiger partial charge on any atom is -0.442 e. The Morgan fingerprint density at radius 2 is 2.09 bits per heavy atom. The number of ether oxygens (including phenoxy) is 2. The number of nitrogens with one attached hydrogen (secondary N) is 1. The van der Waals surface area contributed by atoms with Gasteiger partial charge in [-0.05, 0) is 55.0 Å². The molecule has 1 atom stereocenters. The second-order valence-corrected chi connectivity index (χ2v) is 9.04. The van der Waals surface area contributed by atoms with Crippen molar-refractivity contribution in [1.29, 1.82) is 0 Å². The Balaban J connectivity index is 1.46. The molecule has 0 unspecified atom stereocenters. The first-order valence-corrected chi connectivity index (χ1v) is 11.2. The van der Waals surface area contributed by atoms with Gasteiger partial charge in [0.25, 0.3) is 11.5 Å². The van der Waals surface area contributed by atoms with Gasteiger partial charge < -0.3 is 14.8 Å². The molecule has 1 saturated heterocycles. The molecule has 34 heavy (non-hydrogen) atoms. The van der Waals surface area contributed by atoms with Crippen LogP contribution < -0.4 is 20.5 Å². The smallest absolute Gasteiger partial charge is 0.414 e. The van der Waals surface area contributed by atoms with Gasteiger partial charge in [0.15, 0.2) is 5.75 Å². The number of aromatic nitrogens is 1. The quantitative estimate of drug-likeness (QED) is 0.515. The van der Waals surface area contributed by atoms with Crippen LogP contribution in [0.15, 0.2) is 53.5 Å². The molecule has 4 rings (SSSR count). The lowest BCUT2D eigenvalue weighted by Gasteiger charge is -2.17. The van der Waals surface area contributed by atoms with Crippen molar-refractivity contribution in [3.63, 3.8) is 0 Å². The zero-order valence-corrected chi connectivity index (χ0v) is 19.2. The van der Waals surface area contributed by atoms with Gasteiger partial charge in [0.05, 0.1) is 28.0 Å². The predicted molar refractivity (Wildman–Crippen MR) is 123 cm³/mol. The van der Waals surface area contributed by atoms with Gasteiger partial charge in [-0.15, -0.1) is 11.3 Å². The van der Waals surface area contributed by atoms with Gasteiger partial charge in [-0.2, -0.15) is 8.78 Å². The van der Waals surface area contributed by atoms with Crippen molar-refractivity contribution in [2.24, 2.45) is 0 Å². The molecule has 3 heterocycles. The van der Waals surface area contributed by atoms with Gasteiger partial charge >= 0.3 is 12.7 Å². The van der Waals surface area contributed by atoms with Crippen LogP contribution in [0.2, 0.25) is 4.34 Å². The summed E-state index contributed by atoms with van der Waals surface area (Å²) < 4.78 is 36.4. The van der Waals surface area contributed by atoms with Crippen LogP contribution in [-0.2, 0) is 4.74 Å². The number of cyclic esters (lactones) is 1. The monoisotopic (exact) mass is 509 g/mol. The maximum atomic E-state index is 12.5. The SMILES string of the molecule is Cc1cc(N2C[C@H](CNC(=O)c3ccc(Cl)s3)OC2=O)ccc1-n1cccc(OC(F)F)c1=O. The van der Waals surface area contributed by atoms with Crippen LogP contribution in [0, 0.1) is 6.92 Å². The number of carbonyl (C=O) groups is 2. The Hall–Kier alpha value is -3.44. The van der Waals surface area contributed by atoms with Crippen molar-refractivity contribution >= 4 is 40.6 Å². The minimum absolute atomic E-state index is 0.125. The van der Waals surface area contributed by atoms with E-state index in [1.165, 1.54) is 27.8 Å². The van der Waals surface area contributed by atoms with Crippen molar-refractivity contribution in [1.82, 2.24) is 9.88 Å². The lowest BCUT2D eigenvalue weighted by Crippen LogP contribution is -2.34. The van der Waals surface area contributed by atoms with Gasteiger partial charge in [0, 0.05) is 11.9 Å². The zero-order chi connectivity index (χ0) is 24.4. The summed E-state index contributed by atoms with van der Waals surface area (Å²) in [7, 11) is 0. The molecule has 1 aliphatic heterocycles. The fourth-order valence-corrected chi connectivity index (χ4v) is 4.46. The first-order valence-electron chi connectivity index (χ1n) is 10.0. The maximum absolute atomic E-state index is 12.5. The number of carbonyl (C=O) groups excluding carboxylic acids is 2. The summed E-state index contributed by atoms with van der Waals surface area (Å²) in [4.78, 5) is 39.0. The number of amides is 2. The number of thiophene rings is 1. The number of rotatable bonds is 7. The van der Waals surface area contributed by atoms with E-state index in [4.69, 9.17) is 16.3 Å². The van der Waals surface area contributed by atoms with E-state index in [9.17, 15) is 23.2 Å². The highest BCUT2D eigenvalue weighted by Crippen LogP contribution is 2.26. The summed E-state index contributed by atoms with van der Waals surface area (Å²) in [5, 5.41) is 2.72. The summed E-state index contributed by atoms with van der Waals surface area (Å²) in [5.74, 6) is -0.783. The third kappa shape index (κ3) is 5.05. The molecular formula is C22H18ClF2N3O5S. The van der Waals surface area contributed by atoms with E-state index in [-0.39, 0.29) is 19.0 Å². The van der Waals surface area contributed by atoms with Gasteiger partial charge in [0.1, 0.15) is 6.10 Å². The second kappa shape index (κ2) is 9.82. The van der Waals surface area contributed by atoms with E-state index < -0.39 is 30.1 Å². The highest BCUT2D eigenvalue weighted by atomic mass is 35.5. The van der Waals surface area contributed by atoms with Crippen LogP contribution >= 0.6 is 22.9 Å². The molecule has 8 nitrogen and oxygen atoms in total. The number of benzene rings is 1. The Morgan fingerprint density at radius 1 is 1.29 bits per heavy atom. The minimum atomic E-state index is -3.12. The van der Waals surface area contributed by atoms with Crippen molar-refractivity contribution < 1.29 is 27.8 Å². The Morgan fingerprint density at radius 3 is 2.76 bits per heavy atom. The van der Waals surface area contributed by atoms with E-state index in [2.05, 4.69) is 10.1 Å². The number of hydrogen-bond acceptors (Lipinski definition) is 6. The molecular weight excluding hydrogens is 492 g/mol. The third-order valence-corrected chi connectivity index (χ3v) is 6.27. The summed E-state index contributed by atoms with van der Waals surface area (Å²) >= 11 is 6.99. The van der Waals surface area contributed by atoms with Crippen LogP contribution in [0.1, 0.15) is 15.2 Å². The molecule has 3 aromatic rings. The number of alkyl halides is 2. The molecule has 0 saturated carbocycles. The summed E-state index contributed by atoms with van der Waals surface area (Å²) in [6, 6.07) is 10.7. The molecule has 12 heteroatoms. The number of pyridine rings is 1. The predicted octanol–water partition coefficient (Wildman–Crippen LogP) is 4.22. The molecule has 2 amide bonds. The summed E-state index contributed by atoms with van der Waals surface area (Å²) in [5.41, 5.74) is 0.854. The van der Waals surface area contributed by atoms with E-state index in [1.807, 2.05) is 0 Å². The van der Waals surface area contributed by atoms with Gasteiger partial charge in [-0.25, -0.2) is 4.79 Å². The third-order valence-electron chi connectivity index (χ3n) is 5.04. The first-order chi connectivity index (χ1) is 16.2. The highest BCUT2D eigenvalue weighted by Gasteiger charge is 2.33. The fraction of sp³-hybridized carbons (Fsp3) is 0.227. The Kier molecular flexibility index (Phi) is 6.85. The lowest BCUT2D eigenvalue weighted by molar-refractivity contribution is -0.0509. The molecule has 1 fully saturated rings. The molecule has 0 aliphatic carbocycles. The molecule has 2 aromatic heterocycles. The van der Waals surface area contributed by atoms with Crippen molar-refractivity contribution in [3.8, 4) is 11.4 Å². The number of anilines is 1. The van der Waals surface area contributed by atoms with E-state index in [0.29, 0.717) is 26.2 Å². The normalized spacial score (nSPS) is 15.5. The van der Waals surface area contributed by atoms with E-state index in [0.717, 1.165) is 11.3 Å². The summed E-state index contributed by atoms with van der Waals surface area (Å²) in [6.07, 6.45) is 0.305. The number of hydrogen-bond donors (Lipinski definition) is 1. The average molecular weight is 510 g/mol. The molecule has 1 aliphatic rings. The molecule has 178 valence electrons. The highest BCUT2D eigenvalue weighted by molar-refractivity contribution is 7.18. The molecule has 0 spiro atoms. The van der Waals surface area contributed by atoms with E-state index in [1.54, 1.807) is 37.3 Å². The average Bonchev–Trinajstić information content (AvgIpc) is 3.39. The van der Waals surface area contributed by atoms with Crippen LogP contribution in [-0.4, -0.2) is 42.4 Å². The molecule has 0 radical (unpaired) electrons. The molecule has 1 aromatic carbocycles. The van der Waals surface area contributed by atoms with Gasteiger partial charge in [-0.3, -0.25) is 19.1 Å².